The van der Waals surface area contributed by atoms with Crippen LogP contribution in [-0.4, -0.2) is 11.0 Å². The van der Waals surface area contributed by atoms with E-state index in [1.807, 2.05) is 0 Å². The first-order valence-corrected chi connectivity index (χ1v) is 2.90. The fourth-order valence-electron chi connectivity index (χ4n) is 0.528. The monoisotopic (exact) mass is 156 g/mol. The highest BCUT2D eigenvalue weighted by Crippen LogP contribution is 2.12. The van der Waals surface area contributed by atoms with Crippen molar-refractivity contribution in [3.63, 3.8) is 0 Å². The first-order valence-electron chi connectivity index (χ1n) is 2.52. The zero-order chi connectivity index (χ0) is 7.56. The predicted octanol–water partition coefficient (Wildman–Crippen LogP) is 1.31. The summed E-state index contributed by atoms with van der Waals surface area (Å²) in [5.41, 5.74) is -0.0795. The highest BCUT2D eigenvalue weighted by atomic mass is 35.5. The topological polar surface area (TPSA) is 49.9 Å². The van der Waals surface area contributed by atoms with Crippen LogP contribution in [-0.2, 0) is 5.11 Å². The van der Waals surface area contributed by atoms with Crippen LogP contribution in [0.4, 0.5) is 0 Å². The van der Waals surface area contributed by atoms with Gasteiger partial charge in [-0.3, -0.25) is 4.98 Å². The molecule has 1 aromatic rings. The maximum Gasteiger partial charge on any atom is 0.389 e. The summed E-state index contributed by atoms with van der Waals surface area (Å²) in [4.78, 5) is 13.7. The van der Waals surface area contributed by atoms with Crippen LogP contribution < -0.4 is 0 Å². The minimum atomic E-state index is -1.31. The Hall–Kier alpha value is -1.09. The number of halogens is 1. The maximum atomic E-state index is 10.2. The van der Waals surface area contributed by atoms with Crippen molar-refractivity contribution in [3.05, 3.63) is 29.0 Å². The number of hydrogen-bond donors (Lipinski definition) is 0. The average molecular weight is 157 g/mol. The number of nitrogens with zero attached hydrogens (tertiary/aromatic N) is 1. The summed E-state index contributed by atoms with van der Waals surface area (Å²) in [7, 11) is 0. The molecular formula is C6H3ClNO2. The highest BCUT2D eigenvalue weighted by Gasteiger charge is 2.08. The third kappa shape index (κ3) is 1.25. The Labute approximate surface area is 62.3 Å². The Balaban J connectivity index is 3.15. The Kier molecular flexibility index (Phi) is 1.87. The van der Waals surface area contributed by atoms with Crippen LogP contribution in [0.15, 0.2) is 18.5 Å². The molecule has 0 aliphatic carbocycles. The van der Waals surface area contributed by atoms with Gasteiger partial charge in [0.25, 0.3) is 0 Å². The highest BCUT2D eigenvalue weighted by molar-refractivity contribution is 6.33. The molecule has 0 bridgehead atoms. The lowest BCUT2D eigenvalue weighted by atomic mass is 10.3. The van der Waals surface area contributed by atoms with E-state index in [4.69, 9.17) is 11.6 Å². The van der Waals surface area contributed by atoms with Crippen LogP contribution in [0.3, 0.4) is 0 Å². The van der Waals surface area contributed by atoms with Gasteiger partial charge in [0.05, 0.1) is 5.02 Å². The molecule has 0 saturated carbocycles. The molecular weight excluding hydrogens is 154 g/mol. The van der Waals surface area contributed by atoms with Crippen molar-refractivity contribution in [2.75, 3.05) is 0 Å². The summed E-state index contributed by atoms with van der Waals surface area (Å²) < 4.78 is 0. The van der Waals surface area contributed by atoms with E-state index in [0.717, 1.165) is 6.20 Å². The SMILES string of the molecule is [O]C(=O)c1cnccc1Cl. The zero-order valence-corrected chi connectivity index (χ0v) is 5.63. The molecule has 3 nitrogen and oxygen atoms in total. The molecule has 1 heterocycles. The van der Waals surface area contributed by atoms with Gasteiger partial charge in [0.2, 0.25) is 0 Å². The van der Waals surface area contributed by atoms with Gasteiger partial charge in [0.15, 0.2) is 0 Å². The smallest absolute Gasteiger partial charge is 0.264 e. The molecule has 0 aromatic carbocycles. The van der Waals surface area contributed by atoms with Gasteiger partial charge in [0.1, 0.15) is 5.56 Å². The summed E-state index contributed by atoms with van der Waals surface area (Å²) in [5.74, 6) is -1.31. The van der Waals surface area contributed by atoms with E-state index in [0.29, 0.717) is 0 Å². The van der Waals surface area contributed by atoms with Crippen molar-refractivity contribution in [1.29, 1.82) is 0 Å². The summed E-state index contributed by atoms with van der Waals surface area (Å²) in [6, 6.07) is 1.40. The van der Waals surface area contributed by atoms with E-state index in [9.17, 15) is 9.90 Å². The van der Waals surface area contributed by atoms with Crippen LogP contribution in [0.25, 0.3) is 0 Å². The Morgan fingerprint density at radius 2 is 2.30 bits per heavy atom. The lowest BCUT2D eigenvalue weighted by Gasteiger charge is -1.91. The van der Waals surface area contributed by atoms with Gasteiger partial charge in [-0.15, -0.1) is 0 Å². The zero-order valence-electron chi connectivity index (χ0n) is 4.87. The van der Waals surface area contributed by atoms with Gasteiger partial charge in [-0.25, -0.2) is 9.90 Å². The predicted molar refractivity (Wildman–Crippen MR) is 34.3 cm³/mol. The molecule has 0 amide bonds. The van der Waals surface area contributed by atoms with Crippen molar-refractivity contribution in [2.45, 2.75) is 0 Å². The van der Waals surface area contributed by atoms with E-state index in [2.05, 4.69) is 4.98 Å². The van der Waals surface area contributed by atoms with Crippen molar-refractivity contribution < 1.29 is 9.90 Å². The first-order chi connectivity index (χ1) is 4.72. The fourth-order valence-corrected chi connectivity index (χ4v) is 0.710. The summed E-state index contributed by atoms with van der Waals surface area (Å²) in [6.45, 7) is 0. The van der Waals surface area contributed by atoms with Gasteiger partial charge in [-0.05, 0) is 6.07 Å². The normalized spacial score (nSPS) is 9.30. The van der Waals surface area contributed by atoms with Crippen LogP contribution in [0.1, 0.15) is 10.4 Å². The van der Waals surface area contributed by atoms with E-state index < -0.39 is 5.97 Å². The maximum absolute atomic E-state index is 10.2. The summed E-state index contributed by atoms with van der Waals surface area (Å²) >= 11 is 5.46. The quantitative estimate of drug-likeness (QED) is 0.616. The second kappa shape index (κ2) is 2.66. The van der Waals surface area contributed by atoms with Crippen molar-refractivity contribution in [1.82, 2.24) is 4.98 Å². The van der Waals surface area contributed by atoms with Gasteiger partial charge in [0, 0.05) is 12.4 Å². The molecule has 4 heteroatoms. The summed E-state index contributed by atoms with van der Waals surface area (Å²) in [5, 5.41) is 10.3. The lowest BCUT2D eigenvalue weighted by Crippen LogP contribution is -1.95. The van der Waals surface area contributed by atoms with Crippen molar-refractivity contribution in [3.8, 4) is 0 Å². The Morgan fingerprint density at radius 1 is 1.60 bits per heavy atom. The minimum absolute atomic E-state index is 0.0795. The number of carbonyl (C=O) groups excluding carboxylic acids is 1. The first kappa shape index (κ1) is 7.02. The largest absolute Gasteiger partial charge is 0.389 e. The van der Waals surface area contributed by atoms with Crippen molar-refractivity contribution >= 4 is 17.6 Å². The molecule has 0 saturated heterocycles. The van der Waals surface area contributed by atoms with Crippen LogP contribution in [0.2, 0.25) is 5.02 Å². The molecule has 0 spiro atoms. The molecule has 51 valence electrons. The standard InChI is InChI=1S/C6H3ClNO2/c7-5-1-2-8-3-4(5)6(9)10/h1-3H. The van der Waals surface area contributed by atoms with E-state index in [1.165, 1.54) is 12.3 Å². The molecule has 10 heavy (non-hydrogen) atoms. The molecule has 1 aromatic heterocycles. The number of aromatic nitrogens is 1. The van der Waals surface area contributed by atoms with Crippen LogP contribution in [0.5, 0.6) is 0 Å². The molecule has 1 rings (SSSR count). The lowest BCUT2D eigenvalue weighted by molar-refractivity contribution is 0.0573. The van der Waals surface area contributed by atoms with E-state index >= 15 is 0 Å². The van der Waals surface area contributed by atoms with Crippen LogP contribution in [0, 0.1) is 0 Å². The molecule has 0 atom stereocenters. The van der Waals surface area contributed by atoms with Gasteiger partial charge in [-0.2, -0.15) is 0 Å². The third-order valence-corrected chi connectivity index (χ3v) is 1.32. The van der Waals surface area contributed by atoms with E-state index in [-0.39, 0.29) is 10.6 Å². The molecule has 0 N–H and O–H groups in total. The molecule has 0 aliphatic heterocycles. The number of hydrogen-bond acceptors (Lipinski definition) is 2. The second-order valence-corrected chi connectivity index (χ2v) is 2.05. The fraction of sp³-hybridized carbons (Fsp3) is 0. The van der Waals surface area contributed by atoms with E-state index in [1.54, 1.807) is 0 Å². The number of rotatable bonds is 1. The average Bonchev–Trinajstić information content (AvgIpc) is 1.88. The molecule has 0 fully saturated rings. The minimum Gasteiger partial charge on any atom is -0.264 e. The number of pyridine rings is 1. The van der Waals surface area contributed by atoms with Gasteiger partial charge in [-0.1, -0.05) is 11.6 Å². The third-order valence-electron chi connectivity index (χ3n) is 0.988. The van der Waals surface area contributed by atoms with Gasteiger partial charge >= 0.3 is 5.97 Å². The van der Waals surface area contributed by atoms with Crippen LogP contribution >= 0.6 is 11.6 Å². The molecule has 0 aliphatic rings. The summed E-state index contributed by atoms with van der Waals surface area (Å²) in [6.07, 6.45) is 2.56. The molecule has 1 radical (unpaired) electrons. The van der Waals surface area contributed by atoms with Crippen molar-refractivity contribution in [2.24, 2.45) is 0 Å². The Bertz CT molecular complexity index is 262. The second-order valence-electron chi connectivity index (χ2n) is 1.64. The molecule has 0 unspecified atom stereocenters. The number of carbonyl (C=O) groups is 1. The Morgan fingerprint density at radius 3 is 2.70 bits per heavy atom. The van der Waals surface area contributed by atoms with Gasteiger partial charge < -0.3 is 0 Å².